The number of carboxylic acid groups (broad SMARTS) is 3. The molecule has 0 aliphatic carbocycles. The summed E-state index contributed by atoms with van der Waals surface area (Å²) >= 11 is 14.4. The van der Waals surface area contributed by atoms with Crippen molar-refractivity contribution in [3.63, 3.8) is 0 Å². The zero-order valence-electron chi connectivity index (χ0n) is 68.8. The van der Waals surface area contributed by atoms with Gasteiger partial charge in [-0.3, -0.25) is 48.5 Å². The number of aliphatic hydroxyl groups is 5. The lowest BCUT2D eigenvalue weighted by atomic mass is 9.85. The van der Waals surface area contributed by atoms with Crippen molar-refractivity contribution in [3.8, 4) is 57.1 Å². The van der Waals surface area contributed by atoms with Gasteiger partial charge in [-0.2, -0.15) is 0 Å². The lowest BCUT2D eigenvalue weighted by Gasteiger charge is -2.48. The van der Waals surface area contributed by atoms with E-state index in [1.165, 1.54) is 51.3 Å². The second kappa shape index (κ2) is 42.6. The van der Waals surface area contributed by atoms with Crippen molar-refractivity contribution in [1.29, 1.82) is 0 Å². The first-order valence-corrected chi connectivity index (χ1v) is 41.5. The monoisotopic (exact) mass is 1770 g/mol. The van der Waals surface area contributed by atoms with Crippen LogP contribution in [0.25, 0.3) is 11.1 Å². The number of unbranched alkanes of at least 4 members (excludes halogenated alkanes) is 7. The normalized spacial score (nSPS) is 26.4. The van der Waals surface area contributed by atoms with Crippen LogP contribution < -0.4 is 78.8 Å². The number of aliphatic hydroxyl groups excluding tert-OH is 5. The van der Waals surface area contributed by atoms with Gasteiger partial charge in [-0.25, -0.2) is 4.79 Å². The van der Waals surface area contributed by atoms with E-state index < -0.39 is 279 Å². The fraction of sp³-hybridized carbons (Fsp3) is 0.518. The molecule has 11 bridgehead atoms. The molecule has 0 radical (unpaired) electrons. The lowest BCUT2D eigenvalue weighted by molar-refractivity contribution is -0.331. The highest BCUT2D eigenvalue weighted by atomic mass is 35.5. The highest BCUT2D eigenvalue weighted by molar-refractivity contribution is 6.32. The first-order valence-electron chi connectivity index (χ1n) is 40.8. The predicted octanol–water partition coefficient (Wildman–Crippen LogP) is 2.45. The maximum Gasteiger partial charge on any atom is 0.330 e. The predicted molar refractivity (Wildman–Crippen MR) is 441 cm³/mol. The molecule has 676 valence electrons. The number of carbonyl (C=O) groups is 10. The average molecular weight is 1780 g/mol. The standard InChI is InChI=1S/C83H108Cl2N12O27/c1-7-8-9-10-11-12-13-14-21-89-22-23-91-83(5)33-59(119-37(4)73(83)108)123-72-70(107)69(106)56(34-86)122-82(72)124-71-54-28-41-29-55(71)121-53-20-17-40(27-46(53)85)67(104)65-79(114)95-63(81(117)118)43-30-51(99)44(35-90-49(80(115)116)32-58(101)102)68(105)60(43)42-25-38(15-18-50(42)98)61(76(111)97-65)94-77(112)62(41)93-75(110)48(31-57(87)100)92-78(113)64(96-74(109)47(88-6)24-36(2)3)66(103)39-16-19-52(120-54)45(84)26-39/h15-20,25-30,36-37,47-49,56,59,61-67,69-70,72-73,82,88-91,98-99,103-108H,7-14,21-24,31-35,86H2,1-6H3,(H2,87,100)(H,92,113)(H,93,110)(H,94,112)(H,95,114)(H,96,109)(H,97,111)(H,101,102)(H,115,116)(H,117,118)/t37-,47+,48-,49?,56+,59-,61+,62+,63-,64+,65-,66+,67+,69+,70-,72+,73+,82-,83-/m0/s1. The fourth-order valence-electron chi connectivity index (χ4n) is 15.5. The number of ether oxygens (including phenoxy) is 6. The number of fused-ring (bicyclic) bond motifs is 15. The van der Waals surface area contributed by atoms with Crippen molar-refractivity contribution in [1.82, 2.24) is 53.2 Å². The first-order chi connectivity index (χ1) is 58.8. The molecule has 0 aromatic heterocycles. The molecule has 0 spiro atoms. The van der Waals surface area contributed by atoms with Gasteiger partial charge < -0.3 is 144 Å². The van der Waals surface area contributed by atoms with Gasteiger partial charge in [0.05, 0.1) is 46.7 Å². The molecule has 2 fully saturated rings. The Hall–Kier alpha value is -10.3. The second-order valence-electron chi connectivity index (χ2n) is 32.0. The number of amides is 7. The van der Waals surface area contributed by atoms with Crippen LogP contribution in [0.3, 0.4) is 0 Å². The van der Waals surface area contributed by atoms with E-state index in [4.69, 9.17) is 63.1 Å². The summed E-state index contributed by atoms with van der Waals surface area (Å²) in [6, 6.07) is -4.47. The molecule has 41 heteroatoms. The number of nitrogens with one attached hydrogen (secondary N) is 10. The number of aromatic hydroxyl groups is 3. The van der Waals surface area contributed by atoms with Crippen molar-refractivity contribution < 1.29 is 133 Å². The Balaban J connectivity index is 1.17. The highest BCUT2D eigenvalue weighted by Gasteiger charge is 2.52. The summed E-state index contributed by atoms with van der Waals surface area (Å²) in [5, 5.41) is 153. The van der Waals surface area contributed by atoms with Crippen molar-refractivity contribution in [2.24, 2.45) is 17.4 Å². The molecular formula is C83H108Cl2N12O27. The summed E-state index contributed by atoms with van der Waals surface area (Å²) in [6.45, 7) is 9.37. The van der Waals surface area contributed by atoms with Gasteiger partial charge in [0, 0.05) is 54.8 Å². The Kier molecular flexibility index (Phi) is 32.9. The number of phenols is 3. The largest absolute Gasteiger partial charge is 0.507 e. The number of nitrogens with two attached hydrogens (primary N) is 2. The minimum absolute atomic E-state index is 0.114. The zero-order valence-corrected chi connectivity index (χ0v) is 70.3. The van der Waals surface area contributed by atoms with Gasteiger partial charge in [0.25, 0.3) is 0 Å². The van der Waals surface area contributed by atoms with Gasteiger partial charge in [-0.1, -0.05) is 107 Å². The Labute approximate surface area is 722 Å². The van der Waals surface area contributed by atoms with E-state index in [2.05, 4.69) is 60.1 Å². The molecule has 25 N–H and O–H groups in total. The molecule has 7 heterocycles. The minimum Gasteiger partial charge on any atom is -0.507 e. The van der Waals surface area contributed by atoms with Crippen LogP contribution in [-0.2, 0) is 68.7 Å². The van der Waals surface area contributed by atoms with Crippen LogP contribution in [0.15, 0.2) is 72.8 Å². The zero-order chi connectivity index (χ0) is 90.5. The van der Waals surface area contributed by atoms with E-state index in [1.54, 1.807) is 13.8 Å². The number of primary amides is 1. The Bertz CT molecular complexity index is 4740. The fourth-order valence-corrected chi connectivity index (χ4v) is 16.0. The molecule has 39 nitrogen and oxygen atoms in total. The molecule has 124 heavy (non-hydrogen) atoms. The van der Waals surface area contributed by atoms with Crippen molar-refractivity contribution in [2.45, 2.75) is 233 Å². The average Bonchev–Trinajstić information content (AvgIpc) is 0.756. The third-order valence-corrected chi connectivity index (χ3v) is 22.9. The number of rotatable bonds is 32. The van der Waals surface area contributed by atoms with Gasteiger partial charge in [0.1, 0.15) is 95.5 Å². The summed E-state index contributed by atoms with van der Waals surface area (Å²) in [7, 11) is 1.46. The van der Waals surface area contributed by atoms with E-state index in [1.807, 2.05) is 13.8 Å². The van der Waals surface area contributed by atoms with Crippen molar-refractivity contribution >= 4 is 82.5 Å². The maximum absolute atomic E-state index is 16.4. The number of aliphatic carboxylic acids is 3. The molecule has 2 saturated heterocycles. The number of hydrogen-bond acceptors (Lipinski definition) is 29. The highest BCUT2D eigenvalue weighted by Crippen LogP contribution is 2.51. The van der Waals surface area contributed by atoms with Gasteiger partial charge in [-0.05, 0) is 123 Å². The smallest absolute Gasteiger partial charge is 0.330 e. The van der Waals surface area contributed by atoms with Gasteiger partial charge in [0.15, 0.2) is 29.9 Å². The van der Waals surface area contributed by atoms with Crippen molar-refractivity contribution in [2.75, 3.05) is 33.2 Å². The van der Waals surface area contributed by atoms with Gasteiger partial charge in [-0.15, -0.1) is 0 Å². The molecule has 12 rings (SSSR count). The Morgan fingerprint density at radius 3 is 1.88 bits per heavy atom. The molecule has 0 saturated carbocycles. The molecule has 19 atom stereocenters. The van der Waals surface area contributed by atoms with Crippen molar-refractivity contribution in [3.05, 3.63) is 116 Å². The minimum atomic E-state index is -2.46. The summed E-state index contributed by atoms with van der Waals surface area (Å²) in [5.41, 5.74) is 6.55. The van der Waals surface area contributed by atoms with E-state index in [0.717, 1.165) is 80.4 Å². The van der Waals surface area contributed by atoms with E-state index in [-0.39, 0.29) is 40.7 Å². The molecule has 5 aromatic rings. The molecular weight excluding hydrogens is 1670 g/mol. The van der Waals surface area contributed by atoms with Crippen LogP contribution in [0.2, 0.25) is 10.0 Å². The third-order valence-electron chi connectivity index (χ3n) is 22.3. The van der Waals surface area contributed by atoms with Gasteiger partial charge in [0.2, 0.25) is 53.4 Å². The topological polar surface area (TPSA) is 621 Å². The Morgan fingerprint density at radius 2 is 1.28 bits per heavy atom. The lowest BCUT2D eigenvalue weighted by Crippen LogP contribution is -2.66. The molecule has 7 aliphatic heterocycles. The number of phenolic OH excluding ortho intramolecular Hbond substituents is 3. The number of halogens is 2. The number of carbonyl (C=O) groups excluding carboxylic acids is 7. The van der Waals surface area contributed by atoms with Crippen LogP contribution in [-0.4, -0.2) is 234 Å². The number of benzene rings is 5. The van der Waals surface area contributed by atoms with Crippen LogP contribution in [0.5, 0.6) is 46.0 Å². The van der Waals surface area contributed by atoms with E-state index >= 15 is 24.0 Å². The molecule has 7 aliphatic rings. The quantitative estimate of drug-likeness (QED) is 0.0275. The second-order valence-corrected chi connectivity index (χ2v) is 32.8. The molecule has 1 unspecified atom stereocenters. The van der Waals surface area contributed by atoms with E-state index in [9.17, 15) is 80.1 Å². The summed E-state index contributed by atoms with van der Waals surface area (Å²) in [6.07, 6.45) is -10.0. The molecule has 7 amide bonds. The van der Waals surface area contributed by atoms with Crippen LogP contribution in [0.1, 0.15) is 175 Å². The van der Waals surface area contributed by atoms with Crippen LogP contribution >= 0.6 is 23.2 Å². The third kappa shape index (κ3) is 23.0. The summed E-state index contributed by atoms with van der Waals surface area (Å²) in [5.74, 6) is -20.6. The number of hydrogen-bond donors (Lipinski definition) is 23. The SMILES string of the molecule is CCCCCCCCCCNCCN[C@@]1(C)C[C@H](O[C@H]2[C@H](Oc3c4cc5cc3Oc3ccc(cc3Cl)[C@@H](O)[C@@H](NC(=O)[C@@H](CC(C)C)NC)C(=O)N[C@@H](CC(N)=O)C(=O)N[C@H]5C(=O)N[C@H]3C(=O)N[C@H](C(=O)N[C@H](C(=O)O)c5cc(O)c(CNC(CC(=O)O)C(=O)O)c(O)c5-c5cc3ccc5O)[C@H](O)c3ccc(c(Cl)c3)O4)O[C@H](CN)[C@@H](O)[C@@H]2O)O[C@@H](C)[C@H]1O. The van der Waals surface area contributed by atoms with E-state index in [0.29, 0.717) is 19.2 Å². The van der Waals surface area contributed by atoms with Crippen LogP contribution in [0, 0.1) is 5.92 Å². The summed E-state index contributed by atoms with van der Waals surface area (Å²) in [4.78, 5) is 143. The Morgan fingerprint density at radius 1 is 0.669 bits per heavy atom. The molecule has 5 aromatic carbocycles. The number of likely N-dealkylation sites (N-methyl/N-ethyl adjacent to an activating group) is 1. The van der Waals surface area contributed by atoms with Gasteiger partial charge >= 0.3 is 17.9 Å². The maximum atomic E-state index is 16.4. The van der Waals surface area contributed by atoms with Crippen LogP contribution in [0.4, 0.5) is 0 Å². The summed E-state index contributed by atoms with van der Waals surface area (Å²) < 4.78 is 39.7. The number of carboxylic acids is 3. The first kappa shape index (κ1) is 95.9.